The molecule has 0 spiro atoms. The zero-order chi connectivity index (χ0) is 14.4. The van der Waals surface area contributed by atoms with Gasteiger partial charge in [-0.3, -0.25) is 0 Å². The van der Waals surface area contributed by atoms with Crippen LogP contribution in [0.5, 0.6) is 5.75 Å². The van der Waals surface area contributed by atoms with Gasteiger partial charge in [-0.1, -0.05) is 4.99 Å². The first-order chi connectivity index (χ1) is 9.49. The summed E-state index contributed by atoms with van der Waals surface area (Å²) in [5.41, 5.74) is 0.811. The molecule has 3 amide bonds. The normalized spacial score (nSPS) is 18.2. The fourth-order valence-electron chi connectivity index (χ4n) is 2.01. The Balaban J connectivity index is 2.11. The van der Waals surface area contributed by atoms with Crippen LogP contribution in [0.15, 0.2) is 34.3 Å². The molecule has 0 bridgehead atoms. The van der Waals surface area contributed by atoms with E-state index >= 15 is 0 Å². The topological polar surface area (TPSA) is 85.3 Å². The van der Waals surface area contributed by atoms with E-state index in [1.54, 1.807) is 19.2 Å². The van der Waals surface area contributed by atoms with Crippen LogP contribution in [0.2, 0.25) is 0 Å². The SMILES string of the molecule is CN1C(=O)C2=NC(c3ccc(O)cc3)=NC2=[N+](C)C1=O. The van der Waals surface area contributed by atoms with Crippen LogP contribution in [0, 0.1) is 0 Å². The van der Waals surface area contributed by atoms with E-state index in [4.69, 9.17) is 0 Å². The number of hydrogen-bond donors (Lipinski definition) is 1. The quantitative estimate of drug-likeness (QED) is 0.742. The van der Waals surface area contributed by atoms with Gasteiger partial charge < -0.3 is 5.11 Å². The lowest BCUT2D eigenvalue weighted by molar-refractivity contribution is -0.401. The molecule has 0 saturated heterocycles. The van der Waals surface area contributed by atoms with Crippen LogP contribution < -0.4 is 0 Å². The minimum Gasteiger partial charge on any atom is -0.508 e. The molecule has 7 heteroatoms. The molecular weight excluding hydrogens is 260 g/mol. The highest BCUT2D eigenvalue weighted by atomic mass is 16.3. The van der Waals surface area contributed by atoms with Gasteiger partial charge in [0.05, 0.1) is 14.1 Å². The highest BCUT2D eigenvalue weighted by Gasteiger charge is 2.44. The predicted molar refractivity (Wildman–Crippen MR) is 71.4 cm³/mol. The summed E-state index contributed by atoms with van der Waals surface area (Å²) in [6.45, 7) is 0. The molecule has 2 aliphatic rings. The number of nitrogens with zero attached hydrogens (tertiary/aromatic N) is 4. The standard InChI is InChI=1S/C13H10N4O3/c1-16-11-9(12(19)17(2)13(16)20)14-10(15-11)7-3-5-8(18)6-4-7/h3-6H,1-2H3/p+1. The van der Waals surface area contributed by atoms with Crippen molar-refractivity contribution in [1.82, 2.24) is 4.90 Å². The van der Waals surface area contributed by atoms with Crippen LogP contribution in [-0.4, -0.2) is 58.0 Å². The maximum Gasteiger partial charge on any atom is 0.446 e. The lowest BCUT2D eigenvalue weighted by Crippen LogP contribution is -2.51. The molecule has 1 N–H and O–H groups in total. The van der Waals surface area contributed by atoms with Crippen molar-refractivity contribution < 1.29 is 19.3 Å². The minimum absolute atomic E-state index is 0.133. The number of phenolic OH excluding ortho intramolecular Hbond substituents is 1. The molecule has 0 atom stereocenters. The monoisotopic (exact) mass is 271 g/mol. The van der Waals surface area contributed by atoms with Crippen molar-refractivity contribution in [1.29, 1.82) is 0 Å². The maximum absolute atomic E-state index is 12.0. The molecule has 1 aromatic rings. The lowest BCUT2D eigenvalue weighted by Gasteiger charge is -2.15. The average Bonchev–Trinajstić information content (AvgIpc) is 2.89. The Morgan fingerprint density at radius 1 is 1.15 bits per heavy atom. The number of fused-ring (bicyclic) bond motifs is 1. The van der Waals surface area contributed by atoms with Gasteiger partial charge in [0.15, 0.2) is 0 Å². The largest absolute Gasteiger partial charge is 0.508 e. The molecule has 3 rings (SSSR count). The molecule has 0 saturated carbocycles. The molecule has 2 aliphatic heterocycles. The van der Waals surface area contributed by atoms with E-state index < -0.39 is 11.9 Å². The van der Waals surface area contributed by atoms with Crippen molar-refractivity contribution in [2.75, 3.05) is 14.1 Å². The van der Waals surface area contributed by atoms with Gasteiger partial charge in [-0.25, -0.2) is 9.59 Å². The lowest BCUT2D eigenvalue weighted by atomic mass is 10.2. The number of phenols is 1. The summed E-state index contributed by atoms with van der Waals surface area (Å²) >= 11 is 0. The number of imide groups is 1. The molecule has 7 nitrogen and oxygen atoms in total. The van der Waals surface area contributed by atoms with Crippen molar-refractivity contribution >= 4 is 29.3 Å². The molecule has 0 unspecified atom stereocenters. The summed E-state index contributed by atoms with van der Waals surface area (Å²) < 4.78 is 1.29. The molecular formula is C13H11N4O3+. The smallest absolute Gasteiger partial charge is 0.446 e. The number of amidine groups is 2. The number of aromatic hydroxyl groups is 1. The van der Waals surface area contributed by atoms with Crippen molar-refractivity contribution in [3.8, 4) is 5.75 Å². The number of urea groups is 1. The maximum atomic E-state index is 12.0. The van der Waals surface area contributed by atoms with Gasteiger partial charge in [0.1, 0.15) is 5.75 Å². The number of rotatable bonds is 1. The fourth-order valence-corrected chi connectivity index (χ4v) is 2.01. The van der Waals surface area contributed by atoms with Crippen molar-refractivity contribution in [3.05, 3.63) is 29.8 Å². The molecule has 100 valence electrons. The van der Waals surface area contributed by atoms with Crippen molar-refractivity contribution in [2.45, 2.75) is 0 Å². The Hall–Kier alpha value is -2.83. The molecule has 0 aliphatic carbocycles. The number of amides is 3. The average molecular weight is 271 g/mol. The predicted octanol–water partition coefficient (Wildman–Crippen LogP) is 0.226. The third-order valence-electron chi connectivity index (χ3n) is 3.17. The van der Waals surface area contributed by atoms with Crippen molar-refractivity contribution in [2.24, 2.45) is 9.98 Å². The van der Waals surface area contributed by atoms with E-state index in [0.29, 0.717) is 11.4 Å². The highest BCUT2D eigenvalue weighted by molar-refractivity contribution is 6.70. The number of aliphatic imine (C=N–C) groups is 2. The second kappa shape index (κ2) is 4.09. The molecule has 20 heavy (non-hydrogen) atoms. The summed E-state index contributed by atoms with van der Waals surface area (Å²) in [5, 5.41) is 9.26. The van der Waals surface area contributed by atoms with Gasteiger partial charge in [-0.15, -0.1) is 0 Å². The Morgan fingerprint density at radius 3 is 2.45 bits per heavy atom. The fraction of sp³-hybridized carbons (Fsp3) is 0.154. The van der Waals surface area contributed by atoms with Crippen LogP contribution in [0.4, 0.5) is 4.79 Å². The third kappa shape index (κ3) is 1.63. The second-order valence-electron chi connectivity index (χ2n) is 4.47. The van der Waals surface area contributed by atoms with Crippen LogP contribution in [0.1, 0.15) is 5.56 Å². The van der Waals surface area contributed by atoms with E-state index in [0.717, 1.165) is 4.90 Å². The first-order valence-corrected chi connectivity index (χ1v) is 5.89. The number of carbonyl (C=O) groups excluding carboxylic acids is 2. The number of hydrogen-bond acceptors (Lipinski definition) is 5. The first-order valence-electron chi connectivity index (χ1n) is 5.89. The zero-order valence-electron chi connectivity index (χ0n) is 10.9. The molecule has 0 radical (unpaired) electrons. The molecule has 0 aromatic heterocycles. The molecule has 0 fully saturated rings. The van der Waals surface area contributed by atoms with E-state index in [1.165, 1.54) is 23.8 Å². The summed E-state index contributed by atoms with van der Waals surface area (Å²) in [5.74, 6) is 0.258. The summed E-state index contributed by atoms with van der Waals surface area (Å²) in [6.07, 6.45) is 0. The number of benzene rings is 1. The van der Waals surface area contributed by atoms with Gasteiger partial charge in [0.25, 0.3) is 0 Å². The van der Waals surface area contributed by atoms with E-state index in [2.05, 4.69) is 9.98 Å². The summed E-state index contributed by atoms with van der Waals surface area (Å²) in [6, 6.07) is 5.86. The Kier molecular flexibility index (Phi) is 2.50. The van der Waals surface area contributed by atoms with Gasteiger partial charge in [-0.2, -0.15) is 14.5 Å². The van der Waals surface area contributed by atoms with Gasteiger partial charge >= 0.3 is 17.8 Å². The van der Waals surface area contributed by atoms with E-state index in [9.17, 15) is 14.7 Å². The highest BCUT2D eigenvalue weighted by Crippen LogP contribution is 2.16. The van der Waals surface area contributed by atoms with Crippen molar-refractivity contribution in [3.63, 3.8) is 0 Å². The Morgan fingerprint density at radius 2 is 1.80 bits per heavy atom. The Bertz CT molecular complexity index is 728. The van der Waals surface area contributed by atoms with E-state index in [-0.39, 0.29) is 17.3 Å². The van der Waals surface area contributed by atoms with Crippen LogP contribution >= 0.6 is 0 Å². The molecule has 2 heterocycles. The Labute approximate surface area is 114 Å². The third-order valence-corrected chi connectivity index (χ3v) is 3.17. The zero-order valence-corrected chi connectivity index (χ0v) is 10.9. The van der Waals surface area contributed by atoms with Crippen LogP contribution in [-0.2, 0) is 4.79 Å². The minimum atomic E-state index is -0.472. The summed E-state index contributed by atoms with van der Waals surface area (Å²) in [4.78, 5) is 33.2. The van der Waals surface area contributed by atoms with Gasteiger partial charge in [0.2, 0.25) is 11.5 Å². The summed E-state index contributed by atoms with van der Waals surface area (Å²) in [7, 11) is 2.94. The molecule has 1 aromatic carbocycles. The van der Waals surface area contributed by atoms with Crippen LogP contribution in [0.3, 0.4) is 0 Å². The van der Waals surface area contributed by atoms with Gasteiger partial charge in [0, 0.05) is 5.56 Å². The first kappa shape index (κ1) is 12.2. The van der Waals surface area contributed by atoms with E-state index in [1.807, 2.05) is 0 Å². The van der Waals surface area contributed by atoms with Gasteiger partial charge in [-0.05, 0) is 24.3 Å². The number of carbonyl (C=O) groups is 2. The van der Waals surface area contributed by atoms with Crippen LogP contribution in [0.25, 0.3) is 0 Å². The second-order valence-corrected chi connectivity index (χ2v) is 4.47.